The minimum atomic E-state index is -5.08. The van der Waals surface area contributed by atoms with Crippen molar-refractivity contribution in [1.82, 2.24) is 5.32 Å². The Balaban J connectivity index is 0.000000697. The Bertz CT molecular complexity index is 568. The van der Waals surface area contributed by atoms with Crippen molar-refractivity contribution >= 4 is 28.8 Å². The maximum absolute atomic E-state index is 11.7. The van der Waals surface area contributed by atoms with Crippen LogP contribution in [0.4, 0.5) is 13.2 Å². The first-order valence-electron chi connectivity index (χ1n) is 7.04. The number of alkyl halides is 3. The van der Waals surface area contributed by atoms with Crippen LogP contribution >= 0.6 is 11.8 Å². The van der Waals surface area contributed by atoms with Gasteiger partial charge in [-0.25, -0.2) is 4.79 Å². The van der Waals surface area contributed by atoms with Gasteiger partial charge in [0.15, 0.2) is 5.12 Å². The Kier molecular flexibility index (Phi) is 10.5. The molecule has 6 nitrogen and oxygen atoms in total. The molecule has 0 aliphatic heterocycles. The molecule has 1 unspecified atom stereocenters. The van der Waals surface area contributed by atoms with Crippen LogP contribution in [-0.4, -0.2) is 46.6 Å². The maximum Gasteiger partial charge on any atom is 0.490 e. The SMILES string of the molecule is CC(=O)SCCNC(=O)C(N)Cc1ccccc1.O=C(O)C(F)(F)F. The van der Waals surface area contributed by atoms with E-state index in [1.54, 1.807) is 0 Å². The molecule has 0 bridgehead atoms. The summed E-state index contributed by atoms with van der Waals surface area (Å²) in [5.41, 5.74) is 6.85. The number of hydrogen-bond acceptors (Lipinski definition) is 5. The number of amides is 1. The molecule has 0 fully saturated rings. The van der Waals surface area contributed by atoms with Crippen LogP contribution in [0.25, 0.3) is 0 Å². The molecule has 0 aliphatic rings. The summed E-state index contributed by atoms with van der Waals surface area (Å²) in [6.45, 7) is 1.97. The number of rotatable bonds is 6. The van der Waals surface area contributed by atoms with Gasteiger partial charge in [-0.2, -0.15) is 13.2 Å². The zero-order valence-electron chi connectivity index (χ0n) is 13.4. The van der Waals surface area contributed by atoms with Crippen LogP contribution in [0.5, 0.6) is 0 Å². The molecule has 10 heteroatoms. The molecule has 1 atom stereocenters. The fourth-order valence-corrected chi connectivity index (χ4v) is 1.95. The molecule has 0 aliphatic carbocycles. The second-order valence-electron chi connectivity index (χ2n) is 4.73. The molecule has 1 aromatic rings. The molecule has 0 saturated carbocycles. The van der Waals surface area contributed by atoms with E-state index in [-0.39, 0.29) is 11.0 Å². The normalized spacial score (nSPS) is 11.7. The van der Waals surface area contributed by atoms with Crippen LogP contribution in [0.15, 0.2) is 30.3 Å². The van der Waals surface area contributed by atoms with Gasteiger partial charge in [0.25, 0.3) is 0 Å². The lowest BCUT2D eigenvalue weighted by atomic mass is 10.1. The number of carbonyl (C=O) groups excluding carboxylic acids is 2. The highest BCUT2D eigenvalue weighted by Gasteiger charge is 2.38. The Morgan fingerprint density at radius 2 is 1.76 bits per heavy atom. The van der Waals surface area contributed by atoms with Crippen molar-refractivity contribution < 1.29 is 32.7 Å². The van der Waals surface area contributed by atoms with Gasteiger partial charge in [-0.05, 0) is 12.0 Å². The molecule has 4 N–H and O–H groups in total. The lowest BCUT2D eigenvalue weighted by molar-refractivity contribution is -0.192. The summed E-state index contributed by atoms with van der Waals surface area (Å²) in [5, 5.41) is 9.90. The highest BCUT2D eigenvalue weighted by Crippen LogP contribution is 2.13. The largest absolute Gasteiger partial charge is 0.490 e. The van der Waals surface area contributed by atoms with Gasteiger partial charge >= 0.3 is 12.1 Å². The maximum atomic E-state index is 11.7. The van der Waals surface area contributed by atoms with Crippen LogP contribution in [0, 0.1) is 0 Å². The lowest BCUT2D eigenvalue weighted by Gasteiger charge is -2.11. The van der Waals surface area contributed by atoms with Crippen molar-refractivity contribution in [2.45, 2.75) is 25.6 Å². The lowest BCUT2D eigenvalue weighted by Crippen LogP contribution is -2.42. The van der Waals surface area contributed by atoms with Crippen molar-refractivity contribution in [1.29, 1.82) is 0 Å². The first-order valence-corrected chi connectivity index (χ1v) is 8.03. The van der Waals surface area contributed by atoms with E-state index in [0.29, 0.717) is 18.7 Å². The van der Waals surface area contributed by atoms with Gasteiger partial charge in [0.2, 0.25) is 5.91 Å². The van der Waals surface area contributed by atoms with Crippen LogP contribution in [-0.2, 0) is 20.8 Å². The number of halogens is 3. The number of nitrogens with two attached hydrogens (primary N) is 1. The van der Waals surface area contributed by atoms with Crippen LogP contribution in [0.3, 0.4) is 0 Å². The first kappa shape index (κ1) is 22.9. The van der Waals surface area contributed by atoms with Crippen molar-refractivity contribution in [3.05, 3.63) is 35.9 Å². The molecular weight excluding hydrogens is 361 g/mol. The highest BCUT2D eigenvalue weighted by atomic mass is 32.2. The summed E-state index contributed by atoms with van der Waals surface area (Å²) in [7, 11) is 0. The zero-order chi connectivity index (χ0) is 19.5. The Morgan fingerprint density at radius 3 is 2.20 bits per heavy atom. The minimum Gasteiger partial charge on any atom is -0.475 e. The second-order valence-corrected chi connectivity index (χ2v) is 6.00. The third-order valence-corrected chi connectivity index (χ3v) is 3.40. The van der Waals surface area contributed by atoms with Gasteiger partial charge in [0.05, 0.1) is 6.04 Å². The molecule has 0 saturated heterocycles. The van der Waals surface area contributed by atoms with Crippen molar-refractivity contribution in [3.63, 3.8) is 0 Å². The second kappa shape index (κ2) is 11.5. The summed E-state index contributed by atoms with van der Waals surface area (Å²) in [4.78, 5) is 31.2. The molecule has 1 amide bonds. The number of carbonyl (C=O) groups is 3. The summed E-state index contributed by atoms with van der Waals surface area (Å²) < 4.78 is 31.7. The molecule has 1 aromatic carbocycles. The number of thioether (sulfide) groups is 1. The van der Waals surface area contributed by atoms with E-state index in [2.05, 4.69) is 5.32 Å². The molecule has 0 aromatic heterocycles. The van der Waals surface area contributed by atoms with Gasteiger partial charge in [0, 0.05) is 19.2 Å². The Morgan fingerprint density at radius 1 is 1.24 bits per heavy atom. The number of carboxylic acids is 1. The molecule has 140 valence electrons. The average Bonchev–Trinajstić information content (AvgIpc) is 2.51. The molecule has 25 heavy (non-hydrogen) atoms. The van der Waals surface area contributed by atoms with Gasteiger partial charge in [-0.3, -0.25) is 9.59 Å². The summed E-state index contributed by atoms with van der Waals surface area (Å²) >= 11 is 1.19. The average molecular weight is 380 g/mol. The van der Waals surface area contributed by atoms with E-state index in [0.717, 1.165) is 5.56 Å². The number of hydrogen-bond donors (Lipinski definition) is 3. The molecule has 0 radical (unpaired) electrons. The van der Waals surface area contributed by atoms with E-state index in [9.17, 15) is 22.8 Å². The number of aliphatic carboxylic acids is 1. The van der Waals surface area contributed by atoms with Crippen LogP contribution in [0.2, 0.25) is 0 Å². The number of benzene rings is 1. The monoisotopic (exact) mass is 380 g/mol. The van der Waals surface area contributed by atoms with E-state index in [1.165, 1.54) is 18.7 Å². The summed E-state index contributed by atoms with van der Waals surface area (Å²) in [6, 6.07) is 9.10. The van der Waals surface area contributed by atoms with Crippen LogP contribution < -0.4 is 11.1 Å². The van der Waals surface area contributed by atoms with Gasteiger partial charge in [0.1, 0.15) is 0 Å². The Labute approximate surface area is 147 Å². The van der Waals surface area contributed by atoms with Gasteiger partial charge < -0.3 is 16.2 Å². The van der Waals surface area contributed by atoms with E-state index in [4.69, 9.17) is 15.6 Å². The summed E-state index contributed by atoms with van der Waals surface area (Å²) in [5.74, 6) is -2.35. The highest BCUT2D eigenvalue weighted by molar-refractivity contribution is 8.13. The molecular formula is C15H19F3N2O4S. The van der Waals surface area contributed by atoms with E-state index < -0.39 is 18.2 Å². The van der Waals surface area contributed by atoms with Crippen molar-refractivity contribution in [2.75, 3.05) is 12.3 Å². The number of carboxylic acid groups (broad SMARTS) is 1. The van der Waals surface area contributed by atoms with Gasteiger partial charge in [-0.1, -0.05) is 42.1 Å². The first-order chi connectivity index (χ1) is 11.5. The topological polar surface area (TPSA) is 109 Å². The van der Waals surface area contributed by atoms with E-state index >= 15 is 0 Å². The van der Waals surface area contributed by atoms with Crippen LogP contribution in [0.1, 0.15) is 12.5 Å². The third-order valence-electron chi connectivity index (χ3n) is 2.58. The summed E-state index contributed by atoms with van der Waals surface area (Å²) in [6.07, 6.45) is -4.56. The minimum absolute atomic E-state index is 0.0535. The third kappa shape index (κ3) is 12.0. The fraction of sp³-hybridized carbons (Fsp3) is 0.400. The van der Waals surface area contributed by atoms with E-state index in [1.807, 2.05) is 30.3 Å². The smallest absolute Gasteiger partial charge is 0.475 e. The zero-order valence-corrected chi connectivity index (χ0v) is 14.2. The van der Waals surface area contributed by atoms with Crippen molar-refractivity contribution in [2.24, 2.45) is 5.73 Å². The quantitative estimate of drug-likeness (QED) is 0.647. The molecule has 0 spiro atoms. The Hall–Kier alpha value is -2.07. The fourth-order valence-electron chi connectivity index (χ4n) is 1.46. The predicted molar refractivity (Wildman–Crippen MR) is 88.0 cm³/mol. The molecule has 1 rings (SSSR count). The van der Waals surface area contributed by atoms with Crippen molar-refractivity contribution in [3.8, 4) is 0 Å². The number of nitrogens with one attached hydrogen (secondary N) is 1. The predicted octanol–water partition coefficient (Wildman–Crippen LogP) is 1.59. The molecule has 0 heterocycles. The standard InChI is InChI=1S/C13H18N2O2S.C2HF3O2/c1-10(16)18-8-7-15-13(17)12(14)9-11-5-3-2-4-6-11;3-2(4,5)1(6)7/h2-6,12H,7-9,14H2,1H3,(H,15,17);(H,6,7). The van der Waals surface area contributed by atoms with Gasteiger partial charge in [-0.15, -0.1) is 0 Å².